The highest BCUT2D eigenvalue weighted by molar-refractivity contribution is 5.79. The van der Waals surface area contributed by atoms with E-state index in [1.165, 1.54) is 36.5 Å². The van der Waals surface area contributed by atoms with Crippen LogP contribution in [-0.2, 0) is 0 Å². The molecule has 0 radical (unpaired) electrons. The Morgan fingerprint density at radius 3 is 2.10 bits per heavy atom. The van der Waals surface area contributed by atoms with Crippen LogP contribution in [0.5, 0.6) is 0 Å². The fraction of sp³-hybridized carbons (Fsp3) is 0. The van der Waals surface area contributed by atoms with Crippen molar-refractivity contribution in [3.05, 3.63) is 90.7 Å². The molecule has 0 aliphatic heterocycles. The van der Waals surface area contributed by atoms with Gasteiger partial charge < -0.3 is 4.42 Å². The van der Waals surface area contributed by atoms with Crippen molar-refractivity contribution < 1.29 is 19.2 Å². The summed E-state index contributed by atoms with van der Waals surface area (Å²) in [6.07, 6.45) is 1.26. The molecule has 12 nitrogen and oxygen atoms in total. The average Bonchev–Trinajstić information content (AvgIpc) is 3.17. The second kappa shape index (κ2) is 7.96. The second-order valence-electron chi connectivity index (χ2n) is 5.59. The van der Waals surface area contributed by atoms with E-state index in [-0.39, 0.29) is 11.4 Å². The molecule has 0 saturated heterocycles. The van der Waals surface area contributed by atoms with Gasteiger partial charge in [0.2, 0.25) is 0 Å². The molecule has 0 amide bonds. The summed E-state index contributed by atoms with van der Waals surface area (Å²) < 4.78 is 5.55. The first-order chi connectivity index (χ1) is 13.8. The third-order valence-corrected chi connectivity index (χ3v) is 3.76. The summed E-state index contributed by atoms with van der Waals surface area (Å²) in [5.74, 6) is 0.762. The van der Waals surface area contributed by atoms with Crippen LogP contribution in [0.4, 0.5) is 22.7 Å². The highest BCUT2D eigenvalue weighted by Crippen LogP contribution is 2.29. The summed E-state index contributed by atoms with van der Waals surface area (Å²) in [5, 5.41) is 36.4. The van der Waals surface area contributed by atoms with E-state index in [0.29, 0.717) is 17.1 Å². The minimum atomic E-state index is -0.759. The van der Waals surface area contributed by atoms with E-state index in [9.17, 15) is 30.3 Å². The Kier molecular flexibility index (Phi) is 5.26. The van der Waals surface area contributed by atoms with Crippen LogP contribution in [0.15, 0.2) is 64.1 Å². The number of nitro groups is 3. The van der Waals surface area contributed by atoms with Gasteiger partial charge in [-0.25, -0.2) is 0 Å². The Balaban J connectivity index is 1.74. The summed E-state index contributed by atoms with van der Waals surface area (Å²) in [4.78, 5) is 30.5. The number of hydrogen-bond acceptors (Lipinski definition) is 9. The summed E-state index contributed by atoms with van der Waals surface area (Å²) in [7, 11) is 0. The highest BCUT2D eigenvalue weighted by atomic mass is 16.6. The van der Waals surface area contributed by atoms with E-state index >= 15 is 0 Å². The largest absolute Gasteiger partial charge is 0.455 e. The molecular weight excluding hydrogens is 386 g/mol. The van der Waals surface area contributed by atoms with Crippen molar-refractivity contribution >= 4 is 29.0 Å². The zero-order chi connectivity index (χ0) is 21.0. The van der Waals surface area contributed by atoms with Gasteiger partial charge in [0, 0.05) is 23.8 Å². The van der Waals surface area contributed by atoms with Gasteiger partial charge in [-0.2, -0.15) is 5.10 Å². The number of nitrogens with one attached hydrogen (secondary N) is 1. The Labute approximate surface area is 161 Å². The monoisotopic (exact) mass is 397 g/mol. The standard InChI is InChI=1S/C17H11N5O7/c23-20(24)12-3-1-11(2-4-12)17-8-6-14(29-17)10-18-19-15-7-5-13(21(25)26)9-16(15)22(27)28/h1-10,19H/b18-10+. The summed E-state index contributed by atoms with van der Waals surface area (Å²) in [6, 6.07) is 12.1. The maximum Gasteiger partial charge on any atom is 0.301 e. The first-order valence-electron chi connectivity index (χ1n) is 7.92. The fourth-order valence-electron chi connectivity index (χ4n) is 2.37. The lowest BCUT2D eigenvalue weighted by Crippen LogP contribution is -1.98. The molecule has 3 rings (SSSR count). The SMILES string of the molecule is O=[N+]([O-])c1ccc(-c2ccc(/C=N/Nc3ccc([N+](=O)[O-])cc3[N+](=O)[O-])o2)cc1. The number of rotatable bonds is 7. The zero-order valence-corrected chi connectivity index (χ0v) is 14.4. The third-order valence-electron chi connectivity index (χ3n) is 3.76. The van der Waals surface area contributed by atoms with Crippen molar-refractivity contribution in [2.75, 3.05) is 5.43 Å². The van der Waals surface area contributed by atoms with Gasteiger partial charge in [0.25, 0.3) is 11.4 Å². The number of hydrogen-bond donors (Lipinski definition) is 1. The van der Waals surface area contributed by atoms with Crippen molar-refractivity contribution in [2.24, 2.45) is 5.10 Å². The Morgan fingerprint density at radius 1 is 0.828 bits per heavy atom. The molecule has 0 unspecified atom stereocenters. The van der Waals surface area contributed by atoms with Crippen LogP contribution in [0.25, 0.3) is 11.3 Å². The molecule has 0 fully saturated rings. The van der Waals surface area contributed by atoms with Gasteiger partial charge in [-0.1, -0.05) is 0 Å². The minimum absolute atomic E-state index is 0.0287. The molecule has 12 heteroatoms. The maximum absolute atomic E-state index is 11.1. The molecule has 2 aromatic carbocycles. The summed E-state index contributed by atoms with van der Waals surface area (Å²) in [6.45, 7) is 0. The second-order valence-corrected chi connectivity index (χ2v) is 5.59. The lowest BCUT2D eigenvalue weighted by Gasteiger charge is -2.01. The predicted molar refractivity (Wildman–Crippen MR) is 102 cm³/mol. The van der Waals surface area contributed by atoms with Gasteiger partial charge in [-0.05, 0) is 30.3 Å². The number of benzene rings is 2. The highest BCUT2D eigenvalue weighted by Gasteiger charge is 2.19. The zero-order valence-electron chi connectivity index (χ0n) is 14.4. The molecule has 0 saturated carbocycles. The van der Waals surface area contributed by atoms with E-state index < -0.39 is 26.1 Å². The van der Waals surface area contributed by atoms with E-state index in [1.807, 2.05) is 0 Å². The normalized spacial score (nSPS) is 10.8. The van der Waals surface area contributed by atoms with E-state index in [2.05, 4.69) is 10.5 Å². The predicted octanol–water partition coefficient (Wildman–Crippen LogP) is 4.12. The van der Waals surface area contributed by atoms with Crippen LogP contribution in [0, 0.1) is 30.3 Å². The number of anilines is 1. The average molecular weight is 397 g/mol. The van der Waals surface area contributed by atoms with Crippen LogP contribution in [0.2, 0.25) is 0 Å². The number of nitrogens with zero attached hydrogens (tertiary/aromatic N) is 4. The van der Waals surface area contributed by atoms with Crippen LogP contribution < -0.4 is 5.43 Å². The molecule has 1 aromatic heterocycles. The molecule has 3 aromatic rings. The van der Waals surface area contributed by atoms with E-state index in [4.69, 9.17) is 4.42 Å². The van der Waals surface area contributed by atoms with Crippen LogP contribution in [0.1, 0.15) is 5.76 Å². The number of nitro benzene ring substituents is 3. The molecule has 146 valence electrons. The van der Waals surface area contributed by atoms with Crippen molar-refractivity contribution in [3.8, 4) is 11.3 Å². The Morgan fingerprint density at radius 2 is 1.48 bits per heavy atom. The lowest BCUT2D eigenvalue weighted by atomic mass is 10.1. The quantitative estimate of drug-likeness (QED) is 0.353. The van der Waals surface area contributed by atoms with Crippen LogP contribution in [-0.4, -0.2) is 21.0 Å². The molecular formula is C17H11N5O7. The van der Waals surface area contributed by atoms with Crippen molar-refractivity contribution in [2.45, 2.75) is 0 Å². The molecule has 0 spiro atoms. The van der Waals surface area contributed by atoms with Crippen LogP contribution >= 0.6 is 0 Å². The van der Waals surface area contributed by atoms with Gasteiger partial charge in [0.1, 0.15) is 17.2 Å². The summed E-state index contributed by atoms with van der Waals surface area (Å²) >= 11 is 0. The van der Waals surface area contributed by atoms with Gasteiger partial charge in [0.05, 0.1) is 27.1 Å². The molecule has 0 bridgehead atoms. The minimum Gasteiger partial charge on any atom is -0.455 e. The first-order valence-corrected chi connectivity index (χ1v) is 7.92. The van der Waals surface area contributed by atoms with Gasteiger partial charge >= 0.3 is 5.69 Å². The molecule has 1 N–H and O–H groups in total. The van der Waals surface area contributed by atoms with Crippen molar-refractivity contribution in [1.82, 2.24) is 0 Å². The molecule has 0 aliphatic rings. The fourth-order valence-corrected chi connectivity index (χ4v) is 2.37. The van der Waals surface area contributed by atoms with E-state index in [1.54, 1.807) is 12.1 Å². The maximum atomic E-state index is 11.1. The number of hydrazone groups is 1. The molecule has 0 aliphatic carbocycles. The van der Waals surface area contributed by atoms with Crippen molar-refractivity contribution in [1.29, 1.82) is 0 Å². The van der Waals surface area contributed by atoms with Gasteiger partial charge in [0.15, 0.2) is 0 Å². The Bertz CT molecular complexity index is 1120. The molecule has 1 heterocycles. The molecule has 29 heavy (non-hydrogen) atoms. The lowest BCUT2D eigenvalue weighted by molar-refractivity contribution is -0.393. The van der Waals surface area contributed by atoms with Crippen LogP contribution in [0.3, 0.4) is 0 Å². The molecule has 0 atom stereocenters. The van der Waals surface area contributed by atoms with E-state index in [0.717, 1.165) is 12.1 Å². The smallest absolute Gasteiger partial charge is 0.301 e. The first kappa shape index (κ1) is 19.2. The topological polar surface area (TPSA) is 167 Å². The Hall–Kier alpha value is -4.61. The summed E-state index contributed by atoms with van der Waals surface area (Å²) in [5.41, 5.74) is 2.08. The number of furan rings is 1. The number of non-ortho nitro benzene ring substituents is 2. The van der Waals surface area contributed by atoms with Gasteiger partial charge in [-0.15, -0.1) is 0 Å². The van der Waals surface area contributed by atoms with Crippen molar-refractivity contribution in [3.63, 3.8) is 0 Å². The van der Waals surface area contributed by atoms with Gasteiger partial charge in [-0.3, -0.25) is 35.8 Å². The third kappa shape index (κ3) is 4.39.